The molecule has 3 N–H and O–H groups in total. The Labute approximate surface area is 82.3 Å². The molecule has 0 aromatic carbocycles. The fourth-order valence-electron chi connectivity index (χ4n) is 1.75. The summed E-state index contributed by atoms with van der Waals surface area (Å²) in [6, 6.07) is 2.01. The second-order valence-electron chi connectivity index (χ2n) is 4.28. The van der Waals surface area contributed by atoms with Crippen molar-refractivity contribution >= 4 is 11.8 Å². The molecule has 14 heavy (non-hydrogen) atoms. The van der Waals surface area contributed by atoms with Crippen LogP contribution in [0.4, 0.5) is 0 Å². The Bertz CT molecular complexity index is 342. The van der Waals surface area contributed by atoms with E-state index >= 15 is 0 Å². The third-order valence-electron chi connectivity index (χ3n) is 3.15. The Kier molecular flexibility index (Phi) is 2.03. The van der Waals surface area contributed by atoms with Crippen molar-refractivity contribution in [1.29, 1.82) is 5.26 Å². The molecule has 1 saturated heterocycles. The summed E-state index contributed by atoms with van der Waals surface area (Å²) in [5.74, 6) is -2.09. The average molecular weight is 195 g/mol. The Morgan fingerprint density at radius 1 is 1.57 bits per heavy atom. The lowest BCUT2D eigenvalue weighted by Gasteiger charge is -2.32. The van der Waals surface area contributed by atoms with Gasteiger partial charge in [-0.3, -0.25) is 9.59 Å². The minimum absolute atomic E-state index is 0.466. The van der Waals surface area contributed by atoms with E-state index < -0.39 is 28.7 Å². The van der Waals surface area contributed by atoms with Crippen LogP contribution in [0.25, 0.3) is 0 Å². The number of amides is 2. The van der Waals surface area contributed by atoms with Crippen molar-refractivity contribution in [1.82, 2.24) is 5.32 Å². The van der Waals surface area contributed by atoms with E-state index in [0.29, 0.717) is 0 Å². The van der Waals surface area contributed by atoms with E-state index in [-0.39, 0.29) is 0 Å². The maximum Gasteiger partial charge on any atom is 0.234 e. The van der Waals surface area contributed by atoms with Gasteiger partial charge in [0.25, 0.3) is 0 Å². The van der Waals surface area contributed by atoms with Gasteiger partial charge in [-0.1, -0.05) is 13.8 Å². The molecule has 5 heteroatoms. The third-order valence-corrected chi connectivity index (χ3v) is 3.15. The van der Waals surface area contributed by atoms with Crippen molar-refractivity contribution in [3.63, 3.8) is 0 Å². The quantitative estimate of drug-likeness (QED) is 0.553. The minimum atomic E-state index is -1.04. The summed E-state index contributed by atoms with van der Waals surface area (Å²) < 4.78 is 0. The van der Waals surface area contributed by atoms with Gasteiger partial charge in [0, 0.05) is 5.41 Å². The van der Waals surface area contributed by atoms with Gasteiger partial charge in [-0.15, -0.1) is 0 Å². The Morgan fingerprint density at radius 2 is 2.07 bits per heavy atom. The zero-order valence-corrected chi connectivity index (χ0v) is 8.42. The number of hydrogen-bond donors (Lipinski definition) is 2. The SMILES string of the molecule is CC1(C)[C@@H](C(N)=O)C(=O)N[C@@]1(C)C#N. The number of carbonyl (C=O) groups excluding carboxylic acids is 2. The highest BCUT2D eigenvalue weighted by Crippen LogP contribution is 2.43. The molecule has 0 bridgehead atoms. The largest absolute Gasteiger partial charge is 0.369 e. The van der Waals surface area contributed by atoms with Crippen LogP contribution in [0.2, 0.25) is 0 Å². The summed E-state index contributed by atoms with van der Waals surface area (Å²) in [5.41, 5.74) is 3.31. The number of primary amides is 1. The van der Waals surface area contributed by atoms with Crippen molar-refractivity contribution in [2.24, 2.45) is 17.1 Å². The summed E-state index contributed by atoms with van der Waals surface area (Å²) in [6.45, 7) is 4.96. The van der Waals surface area contributed by atoms with E-state index in [4.69, 9.17) is 11.0 Å². The molecule has 76 valence electrons. The van der Waals surface area contributed by atoms with Gasteiger partial charge >= 0.3 is 0 Å². The molecule has 5 nitrogen and oxygen atoms in total. The van der Waals surface area contributed by atoms with E-state index in [1.54, 1.807) is 20.8 Å². The first kappa shape index (κ1) is 10.5. The second-order valence-corrected chi connectivity index (χ2v) is 4.28. The smallest absolute Gasteiger partial charge is 0.234 e. The normalized spacial score (nSPS) is 34.7. The molecule has 2 atom stereocenters. The fraction of sp³-hybridized carbons (Fsp3) is 0.667. The molecule has 0 spiro atoms. The van der Waals surface area contributed by atoms with Gasteiger partial charge in [0.05, 0.1) is 6.07 Å². The second kappa shape index (κ2) is 2.71. The number of nitriles is 1. The van der Waals surface area contributed by atoms with Crippen LogP contribution in [0, 0.1) is 22.7 Å². The molecular formula is C9H13N3O2. The highest BCUT2D eigenvalue weighted by molar-refractivity contribution is 6.03. The predicted molar refractivity (Wildman–Crippen MR) is 48.6 cm³/mol. The molecule has 1 aliphatic heterocycles. The van der Waals surface area contributed by atoms with Gasteiger partial charge in [0.15, 0.2) is 0 Å². The van der Waals surface area contributed by atoms with Crippen molar-refractivity contribution < 1.29 is 9.59 Å². The molecule has 0 unspecified atom stereocenters. The van der Waals surface area contributed by atoms with Crippen LogP contribution in [0.5, 0.6) is 0 Å². The van der Waals surface area contributed by atoms with Gasteiger partial charge in [-0.05, 0) is 6.92 Å². The molecular weight excluding hydrogens is 182 g/mol. The molecule has 0 aliphatic carbocycles. The van der Waals surface area contributed by atoms with Crippen LogP contribution >= 0.6 is 0 Å². The molecule has 1 aliphatic rings. The van der Waals surface area contributed by atoms with Gasteiger partial charge in [-0.25, -0.2) is 0 Å². The summed E-state index contributed by atoms with van der Waals surface area (Å²) in [7, 11) is 0. The van der Waals surface area contributed by atoms with Gasteiger partial charge in [0.2, 0.25) is 11.8 Å². The minimum Gasteiger partial charge on any atom is -0.369 e. The highest BCUT2D eigenvalue weighted by atomic mass is 16.2. The van der Waals surface area contributed by atoms with Gasteiger partial charge in [-0.2, -0.15) is 5.26 Å². The number of rotatable bonds is 1. The van der Waals surface area contributed by atoms with Crippen LogP contribution in [0.3, 0.4) is 0 Å². The topological polar surface area (TPSA) is 96.0 Å². The number of nitrogens with zero attached hydrogens (tertiary/aromatic N) is 1. The standard InChI is InChI=1S/C9H13N3O2/c1-8(2)5(6(11)13)7(14)12-9(8,3)4-10/h5H,1-3H3,(H2,11,13)(H,12,14)/t5-,9-/m0/s1. The van der Waals surface area contributed by atoms with Crippen molar-refractivity contribution in [2.75, 3.05) is 0 Å². The number of carbonyl (C=O) groups is 2. The summed E-state index contributed by atoms with van der Waals surface area (Å²) in [5, 5.41) is 11.5. The first-order chi connectivity index (χ1) is 6.26. The van der Waals surface area contributed by atoms with Crippen LogP contribution in [-0.4, -0.2) is 17.4 Å². The van der Waals surface area contributed by atoms with Crippen LogP contribution in [-0.2, 0) is 9.59 Å². The summed E-state index contributed by atoms with van der Waals surface area (Å²) in [6.07, 6.45) is 0. The molecule has 1 fully saturated rings. The predicted octanol–water partition coefficient (Wildman–Crippen LogP) is -0.474. The van der Waals surface area contributed by atoms with Gasteiger partial charge in [0.1, 0.15) is 11.5 Å². The van der Waals surface area contributed by atoms with Crippen molar-refractivity contribution in [3.05, 3.63) is 0 Å². The molecule has 2 amide bonds. The maximum atomic E-state index is 11.4. The molecule has 0 aromatic rings. The Hall–Kier alpha value is -1.57. The molecule has 1 rings (SSSR count). The van der Waals surface area contributed by atoms with Crippen molar-refractivity contribution in [2.45, 2.75) is 26.3 Å². The monoisotopic (exact) mass is 195 g/mol. The lowest BCUT2D eigenvalue weighted by molar-refractivity contribution is -0.133. The highest BCUT2D eigenvalue weighted by Gasteiger charge is 2.59. The Morgan fingerprint density at radius 3 is 2.29 bits per heavy atom. The van der Waals surface area contributed by atoms with Crippen molar-refractivity contribution in [3.8, 4) is 6.07 Å². The fourth-order valence-corrected chi connectivity index (χ4v) is 1.75. The van der Waals surface area contributed by atoms with Gasteiger partial charge < -0.3 is 11.1 Å². The van der Waals surface area contributed by atoms with E-state index in [2.05, 4.69) is 5.32 Å². The molecule has 0 radical (unpaired) electrons. The lowest BCUT2D eigenvalue weighted by atomic mass is 9.69. The van der Waals surface area contributed by atoms with Crippen LogP contribution in [0.1, 0.15) is 20.8 Å². The third kappa shape index (κ3) is 1.07. The lowest BCUT2D eigenvalue weighted by Crippen LogP contribution is -2.47. The maximum absolute atomic E-state index is 11.4. The van der Waals surface area contributed by atoms with E-state index in [1.807, 2.05) is 6.07 Å². The van der Waals surface area contributed by atoms with E-state index in [0.717, 1.165) is 0 Å². The number of hydrogen-bond acceptors (Lipinski definition) is 3. The summed E-state index contributed by atoms with van der Waals surface area (Å²) >= 11 is 0. The van der Waals surface area contributed by atoms with E-state index in [9.17, 15) is 9.59 Å². The first-order valence-corrected chi connectivity index (χ1v) is 4.29. The zero-order chi connectivity index (χ0) is 11.1. The van der Waals surface area contributed by atoms with E-state index in [1.165, 1.54) is 0 Å². The average Bonchev–Trinajstić information content (AvgIpc) is 2.18. The molecule has 0 aromatic heterocycles. The number of nitrogens with two attached hydrogens (primary N) is 1. The molecule has 0 saturated carbocycles. The van der Waals surface area contributed by atoms with Crippen LogP contribution in [0.15, 0.2) is 0 Å². The zero-order valence-electron chi connectivity index (χ0n) is 8.42. The molecule has 1 heterocycles. The summed E-state index contributed by atoms with van der Waals surface area (Å²) in [4.78, 5) is 22.5. The Balaban J connectivity index is 3.23. The number of nitrogens with one attached hydrogen (secondary N) is 1. The first-order valence-electron chi connectivity index (χ1n) is 4.29. The van der Waals surface area contributed by atoms with Crippen LogP contribution < -0.4 is 11.1 Å².